The smallest absolute Gasteiger partial charge is 0.232 e. The molecule has 0 bridgehead atoms. The molecule has 0 unspecified atom stereocenters. The average Bonchev–Trinajstić information content (AvgIpc) is 2.54. The molecule has 27 heavy (non-hydrogen) atoms. The lowest BCUT2D eigenvalue weighted by Gasteiger charge is -2.23. The molecule has 0 aliphatic heterocycles. The molecule has 0 aliphatic carbocycles. The standard InChI is InChI=1S/C20H25FN2O3S/c1-15-12-16(2)14-18(13-15)23(27(3,25)26)11-9-20(24)22-10-8-17-6-4-5-7-19(17)21/h4-7,12-14H,8-11H2,1-3H3,(H,22,24). The Hall–Kier alpha value is -2.41. The zero-order chi connectivity index (χ0) is 20.0. The number of hydrogen-bond donors (Lipinski definition) is 1. The molecule has 0 fully saturated rings. The first-order valence-electron chi connectivity index (χ1n) is 8.73. The minimum atomic E-state index is -3.51. The topological polar surface area (TPSA) is 66.5 Å². The third-order valence-electron chi connectivity index (χ3n) is 4.11. The second kappa shape index (κ2) is 8.99. The number of nitrogens with one attached hydrogen (secondary N) is 1. The summed E-state index contributed by atoms with van der Waals surface area (Å²) in [6, 6.07) is 11.9. The van der Waals surface area contributed by atoms with E-state index in [4.69, 9.17) is 0 Å². The predicted molar refractivity (Wildman–Crippen MR) is 106 cm³/mol. The van der Waals surface area contributed by atoms with Gasteiger partial charge in [0.2, 0.25) is 15.9 Å². The van der Waals surface area contributed by atoms with Gasteiger partial charge in [0.05, 0.1) is 11.9 Å². The third kappa shape index (κ3) is 6.36. The molecule has 0 saturated heterocycles. The lowest BCUT2D eigenvalue weighted by molar-refractivity contribution is -0.120. The minimum absolute atomic E-state index is 0.0251. The maximum atomic E-state index is 13.6. The normalized spacial score (nSPS) is 11.3. The van der Waals surface area contributed by atoms with Crippen LogP contribution in [0.2, 0.25) is 0 Å². The predicted octanol–water partition coefficient (Wildman–Crippen LogP) is 2.96. The highest BCUT2D eigenvalue weighted by Crippen LogP contribution is 2.21. The molecular formula is C20H25FN2O3S. The highest BCUT2D eigenvalue weighted by Gasteiger charge is 2.19. The van der Waals surface area contributed by atoms with Gasteiger partial charge in [-0.15, -0.1) is 0 Å². The number of amides is 1. The maximum Gasteiger partial charge on any atom is 0.232 e. The van der Waals surface area contributed by atoms with E-state index in [1.54, 1.807) is 30.3 Å². The molecule has 7 heteroatoms. The van der Waals surface area contributed by atoms with Crippen LogP contribution in [-0.4, -0.2) is 33.7 Å². The second-order valence-corrected chi connectivity index (χ2v) is 8.53. The van der Waals surface area contributed by atoms with Crippen molar-refractivity contribution in [2.24, 2.45) is 0 Å². The Labute approximate surface area is 160 Å². The molecule has 0 aromatic heterocycles. The molecule has 0 radical (unpaired) electrons. The summed E-state index contributed by atoms with van der Waals surface area (Å²) in [7, 11) is -3.51. The Bertz CT molecular complexity index is 893. The van der Waals surface area contributed by atoms with Crippen LogP contribution in [0.4, 0.5) is 10.1 Å². The molecule has 2 rings (SSSR count). The molecule has 0 spiro atoms. The van der Waals surface area contributed by atoms with E-state index < -0.39 is 10.0 Å². The number of nitrogens with zero attached hydrogens (tertiary/aromatic N) is 1. The summed E-state index contributed by atoms with van der Waals surface area (Å²) in [4.78, 5) is 12.1. The number of rotatable bonds is 8. The number of carbonyl (C=O) groups excluding carboxylic acids is 1. The minimum Gasteiger partial charge on any atom is -0.356 e. The zero-order valence-corrected chi connectivity index (χ0v) is 16.6. The third-order valence-corrected chi connectivity index (χ3v) is 5.31. The fraction of sp³-hybridized carbons (Fsp3) is 0.350. The second-order valence-electron chi connectivity index (χ2n) is 6.62. The SMILES string of the molecule is Cc1cc(C)cc(N(CCC(=O)NCCc2ccccc2F)S(C)(=O)=O)c1. The number of halogens is 1. The van der Waals surface area contributed by atoms with E-state index in [2.05, 4.69) is 5.32 Å². The van der Waals surface area contributed by atoms with Crippen molar-refractivity contribution in [3.05, 3.63) is 65.0 Å². The lowest BCUT2D eigenvalue weighted by atomic mass is 10.1. The van der Waals surface area contributed by atoms with Crippen LogP contribution < -0.4 is 9.62 Å². The van der Waals surface area contributed by atoms with E-state index in [-0.39, 0.29) is 24.7 Å². The summed E-state index contributed by atoms with van der Waals surface area (Å²) in [5.41, 5.74) is 2.99. The van der Waals surface area contributed by atoms with Crippen molar-refractivity contribution in [1.29, 1.82) is 0 Å². The number of benzene rings is 2. The zero-order valence-electron chi connectivity index (χ0n) is 15.8. The van der Waals surface area contributed by atoms with Crippen LogP contribution in [0.15, 0.2) is 42.5 Å². The van der Waals surface area contributed by atoms with Crippen LogP contribution in [0, 0.1) is 19.7 Å². The van der Waals surface area contributed by atoms with Gasteiger partial charge in [-0.05, 0) is 55.2 Å². The summed E-state index contributed by atoms with van der Waals surface area (Å²) in [6.07, 6.45) is 1.53. The molecule has 0 saturated carbocycles. The molecule has 0 heterocycles. The Morgan fingerprint density at radius 2 is 1.74 bits per heavy atom. The fourth-order valence-corrected chi connectivity index (χ4v) is 3.82. The van der Waals surface area contributed by atoms with Crippen molar-refractivity contribution < 1.29 is 17.6 Å². The van der Waals surface area contributed by atoms with Crippen LogP contribution in [0.1, 0.15) is 23.1 Å². The molecule has 0 atom stereocenters. The van der Waals surface area contributed by atoms with E-state index >= 15 is 0 Å². The van der Waals surface area contributed by atoms with Gasteiger partial charge < -0.3 is 5.32 Å². The summed E-state index contributed by atoms with van der Waals surface area (Å²) in [5.74, 6) is -0.575. The molecule has 1 amide bonds. The van der Waals surface area contributed by atoms with Gasteiger partial charge in [0.15, 0.2) is 0 Å². The van der Waals surface area contributed by atoms with Crippen molar-refractivity contribution in [1.82, 2.24) is 5.32 Å². The first-order valence-corrected chi connectivity index (χ1v) is 10.6. The number of aryl methyl sites for hydroxylation is 2. The Morgan fingerprint density at radius 1 is 1.11 bits per heavy atom. The van der Waals surface area contributed by atoms with Crippen LogP contribution in [0.5, 0.6) is 0 Å². The maximum absolute atomic E-state index is 13.6. The van der Waals surface area contributed by atoms with Crippen molar-refractivity contribution in [3.63, 3.8) is 0 Å². The van der Waals surface area contributed by atoms with Gasteiger partial charge in [0, 0.05) is 19.5 Å². The molecule has 1 N–H and O–H groups in total. The molecule has 2 aromatic rings. The van der Waals surface area contributed by atoms with Crippen molar-refractivity contribution in [2.45, 2.75) is 26.7 Å². The number of hydrogen-bond acceptors (Lipinski definition) is 3. The molecule has 146 valence electrons. The number of sulfonamides is 1. The first kappa shape index (κ1) is 20.9. The van der Waals surface area contributed by atoms with Crippen LogP contribution >= 0.6 is 0 Å². The van der Waals surface area contributed by atoms with Crippen LogP contribution in [0.3, 0.4) is 0 Å². The van der Waals surface area contributed by atoms with Gasteiger partial charge in [-0.3, -0.25) is 9.10 Å². The van der Waals surface area contributed by atoms with Gasteiger partial charge in [-0.2, -0.15) is 0 Å². The Kier molecular flexibility index (Phi) is 6.96. The number of carbonyl (C=O) groups is 1. The summed E-state index contributed by atoms with van der Waals surface area (Å²) < 4.78 is 39.1. The highest BCUT2D eigenvalue weighted by atomic mass is 32.2. The fourth-order valence-electron chi connectivity index (χ4n) is 2.91. The summed E-state index contributed by atoms with van der Waals surface area (Å²) in [5, 5.41) is 2.71. The lowest BCUT2D eigenvalue weighted by Crippen LogP contribution is -2.35. The average molecular weight is 392 g/mol. The quantitative estimate of drug-likeness (QED) is 0.751. The van der Waals surface area contributed by atoms with E-state index in [0.717, 1.165) is 17.4 Å². The Balaban J connectivity index is 1.95. The van der Waals surface area contributed by atoms with E-state index in [1.807, 2.05) is 19.9 Å². The summed E-state index contributed by atoms with van der Waals surface area (Å²) >= 11 is 0. The monoisotopic (exact) mass is 392 g/mol. The van der Waals surface area contributed by atoms with Crippen molar-refractivity contribution >= 4 is 21.6 Å². The molecule has 2 aromatic carbocycles. The van der Waals surface area contributed by atoms with Gasteiger partial charge in [0.25, 0.3) is 0 Å². The van der Waals surface area contributed by atoms with E-state index in [1.165, 1.54) is 10.4 Å². The van der Waals surface area contributed by atoms with Gasteiger partial charge in [0.1, 0.15) is 5.82 Å². The van der Waals surface area contributed by atoms with Gasteiger partial charge in [-0.1, -0.05) is 24.3 Å². The van der Waals surface area contributed by atoms with Gasteiger partial charge in [-0.25, -0.2) is 12.8 Å². The van der Waals surface area contributed by atoms with Crippen molar-refractivity contribution in [3.8, 4) is 0 Å². The van der Waals surface area contributed by atoms with Gasteiger partial charge >= 0.3 is 0 Å². The van der Waals surface area contributed by atoms with Crippen molar-refractivity contribution in [2.75, 3.05) is 23.7 Å². The highest BCUT2D eigenvalue weighted by molar-refractivity contribution is 7.92. The molecule has 5 nitrogen and oxygen atoms in total. The molecular weight excluding hydrogens is 367 g/mol. The number of anilines is 1. The largest absolute Gasteiger partial charge is 0.356 e. The van der Waals surface area contributed by atoms with E-state index in [9.17, 15) is 17.6 Å². The first-order chi connectivity index (χ1) is 12.7. The van der Waals surface area contributed by atoms with E-state index in [0.29, 0.717) is 24.2 Å². The summed E-state index contributed by atoms with van der Waals surface area (Å²) in [6.45, 7) is 4.13. The van der Waals surface area contributed by atoms with Crippen LogP contribution in [-0.2, 0) is 21.2 Å². The Morgan fingerprint density at radius 3 is 2.33 bits per heavy atom. The molecule has 0 aliphatic rings. The van der Waals surface area contributed by atoms with Crippen LogP contribution in [0.25, 0.3) is 0 Å².